The van der Waals surface area contributed by atoms with Gasteiger partial charge in [0.2, 0.25) is 0 Å². The Morgan fingerprint density at radius 2 is 1.84 bits per heavy atom. The van der Waals surface area contributed by atoms with Crippen LogP contribution in [0.1, 0.15) is 78.6 Å². The Morgan fingerprint density at radius 3 is 2.56 bits per heavy atom. The van der Waals surface area contributed by atoms with E-state index in [1.807, 2.05) is 0 Å². The van der Waals surface area contributed by atoms with Gasteiger partial charge in [-0.3, -0.25) is 14.4 Å². The largest absolute Gasteiger partial charge is 0.450 e. The second-order valence-corrected chi connectivity index (χ2v) is 9.64. The number of carbonyl (C=O) groups is 3. The van der Waals surface area contributed by atoms with Crippen molar-refractivity contribution < 1.29 is 19.1 Å². The number of rotatable bonds is 1. The maximum absolute atomic E-state index is 13.4. The van der Waals surface area contributed by atoms with E-state index in [2.05, 4.69) is 13.8 Å². The standard InChI is InChI=1S/C21H30O4/c1-13(22)25-21-12-14(23)6-10-20(21,3)17-7-9-19(2)8-4-5-16(19)15(17)11-18(21)24/h15-17H,4-12H2,1-3H3/t15-,16-,17-,19-,20+,21?/m0/s1. The van der Waals surface area contributed by atoms with E-state index in [4.69, 9.17) is 4.74 Å². The topological polar surface area (TPSA) is 60.4 Å². The van der Waals surface area contributed by atoms with Gasteiger partial charge in [-0.05, 0) is 55.3 Å². The number of Topliss-reactive ketones (excluding diaryl/α,β-unsaturated/α-hetero) is 2. The Labute approximate surface area is 150 Å². The molecule has 4 aliphatic carbocycles. The van der Waals surface area contributed by atoms with E-state index in [1.165, 1.54) is 32.6 Å². The fourth-order valence-electron chi connectivity index (χ4n) is 7.26. The quantitative estimate of drug-likeness (QED) is 0.677. The number of hydrogen-bond donors (Lipinski definition) is 0. The third kappa shape index (κ3) is 2.21. The van der Waals surface area contributed by atoms with Crippen molar-refractivity contribution >= 4 is 17.5 Å². The predicted octanol–water partition coefficient (Wildman–Crippen LogP) is 3.85. The number of ketones is 2. The van der Waals surface area contributed by atoms with E-state index < -0.39 is 17.0 Å². The third-order valence-electron chi connectivity index (χ3n) is 8.52. The van der Waals surface area contributed by atoms with Gasteiger partial charge in [0.15, 0.2) is 11.4 Å². The minimum Gasteiger partial charge on any atom is -0.450 e. The van der Waals surface area contributed by atoms with Crippen molar-refractivity contribution in [3.05, 3.63) is 0 Å². The van der Waals surface area contributed by atoms with Gasteiger partial charge in [0.05, 0.1) is 6.42 Å². The lowest BCUT2D eigenvalue weighted by Crippen LogP contribution is -2.68. The van der Waals surface area contributed by atoms with Crippen LogP contribution in [0.2, 0.25) is 0 Å². The summed E-state index contributed by atoms with van der Waals surface area (Å²) in [6, 6.07) is 0. The molecule has 0 radical (unpaired) electrons. The molecule has 6 atom stereocenters. The average Bonchev–Trinajstić information content (AvgIpc) is 2.92. The van der Waals surface area contributed by atoms with Crippen LogP contribution in [-0.4, -0.2) is 23.1 Å². The molecule has 4 nitrogen and oxygen atoms in total. The molecule has 4 aliphatic rings. The number of ether oxygens (including phenoxy) is 1. The van der Waals surface area contributed by atoms with Crippen molar-refractivity contribution in [1.82, 2.24) is 0 Å². The molecule has 0 aromatic carbocycles. The van der Waals surface area contributed by atoms with Gasteiger partial charge >= 0.3 is 5.97 Å². The first-order valence-electron chi connectivity index (χ1n) is 9.96. The molecule has 0 aromatic rings. The summed E-state index contributed by atoms with van der Waals surface area (Å²) in [7, 11) is 0. The summed E-state index contributed by atoms with van der Waals surface area (Å²) in [5.41, 5.74) is -1.22. The third-order valence-corrected chi connectivity index (χ3v) is 8.52. The van der Waals surface area contributed by atoms with Crippen LogP contribution in [-0.2, 0) is 19.1 Å². The van der Waals surface area contributed by atoms with E-state index in [0.717, 1.165) is 6.42 Å². The molecular weight excluding hydrogens is 316 g/mol. The Kier molecular flexibility index (Phi) is 3.73. The number of hydrogen-bond acceptors (Lipinski definition) is 4. The van der Waals surface area contributed by atoms with Crippen molar-refractivity contribution in [3.63, 3.8) is 0 Å². The first kappa shape index (κ1) is 17.2. The molecule has 4 rings (SSSR count). The molecule has 0 saturated heterocycles. The van der Waals surface area contributed by atoms with Crippen molar-refractivity contribution in [2.24, 2.45) is 28.6 Å². The summed E-state index contributed by atoms with van der Waals surface area (Å²) < 4.78 is 5.74. The normalized spacial score (nSPS) is 49.2. The maximum atomic E-state index is 13.4. The van der Waals surface area contributed by atoms with Crippen LogP contribution in [0.3, 0.4) is 0 Å². The summed E-state index contributed by atoms with van der Waals surface area (Å²) in [5.74, 6) is 1.03. The van der Waals surface area contributed by atoms with E-state index in [9.17, 15) is 14.4 Å². The zero-order valence-corrected chi connectivity index (χ0v) is 15.7. The lowest BCUT2D eigenvalue weighted by Gasteiger charge is -2.62. The first-order valence-corrected chi connectivity index (χ1v) is 9.96. The van der Waals surface area contributed by atoms with E-state index in [1.54, 1.807) is 0 Å². The van der Waals surface area contributed by atoms with Gasteiger partial charge in [0.25, 0.3) is 0 Å². The Balaban J connectivity index is 1.77. The molecule has 4 saturated carbocycles. The number of fused-ring (bicyclic) bond motifs is 5. The second-order valence-electron chi connectivity index (χ2n) is 9.64. The van der Waals surface area contributed by atoms with E-state index >= 15 is 0 Å². The lowest BCUT2D eigenvalue weighted by atomic mass is 9.43. The molecular formula is C21H30O4. The predicted molar refractivity (Wildman–Crippen MR) is 92.7 cm³/mol. The summed E-state index contributed by atoms with van der Waals surface area (Å²) >= 11 is 0. The molecule has 25 heavy (non-hydrogen) atoms. The highest BCUT2D eigenvalue weighted by atomic mass is 16.6. The van der Waals surface area contributed by atoms with Gasteiger partial charge in [0.1, 0.15) is 5.78 Å². The first-order chi connectivity index (χ1) is 11.7. The molecule has 1 unspecified atom stereocenters. The van der Waals surface area contributed by atoms with Crippen molar-refractivity contribution in [2.75, 3.05) is 0 Å². The van der Waals surface area contributed by atoms with Crippen molar-refractivity contribution in [3.8, 4) is 0 Å². The van der Waals surface area contributed by atoms with Crippen molar-refractivity contribution in [2.45, 2.75) is 84.2 Å². The monoisotopic (exact) mass is 346 g/mol. The van der Waals surface area contributed by atoms with Crippen LogP contribution in [0, 0.1) is 28.6 Å². The average molecular weight is 346 g/mol. The highest BCUT2D eigenvalue weighted by Crippen LogP contribution is 2.66. The molecule has 0 aromatic heterocycles. The van der Waals surface area contributed by atoms with E-state index in [-0.39, 0.29) is 18.0 Å². The molecule has 4 heteroatoms. The van der Waals surface area contributed by atoms with Gasteiger partial charge in [0, 0.05) is 25.2 Å². The van der Waals surface area contributed by atoms with Crippen LogP contribution < -0.4 is 0 Å². The number of carbonyl (C=O) groups excluding carboxylic acids is 3. The molecule has 4 fully saturated rings. The smallest absolute Gasteiger partial charge is 0.303 e. The van der Waals surface area contributed by atoms with Gasteiger partial charge in [-0.2, -0.15) is 0 Å². The maximum Gasteiger partial charge on any atom is 0.303 e. The van der Waals surface area contributed by atoms with Crippen LogP contribution in [0.25, 0.3) is 0 Å². The minimum atomic E-state index is -1.21. The summed E-state index contributed by atoms with van der Waals surface area (Å²) in [6.07, 6.45) is 7.83. The van der Waals surface area contributed by atoms with Crippen molar-refractivity contribution in [1.29, 1.82) is 0 Å². The summed E-state index contributed by atoms with van der Waals surface area (Å²) in [6.45, 7) is 5.91. The van der Waals surface area contributed by atoms with Crippen LogP contribution in [0.4, 0.5) is 0 Å². The zero-order chi connectivity index (χ0) is 18.0. The molecule has 138 valence electrons. The second kappa shape index (κ2) is 5.40. The van der Waals surface area contributed by atoms with Gasteiger partial charge in [-0.1, -0.05) is 20.3 Å². The molecule has 0 bridgehead atoms. The zero-order valence-electron chi connectivity index (χ0n) is 15.7. The van der Waals surface area contributed by atoms with Gasteiger partial charge in [-0.25, -0.2) is 0 Å². The lowest BCUT2D eigenvalue weighted by molar-refractivity contribution is -0.217. The molecule has 0 amide bonds. The highest BCUT2D eigenvalue weighted by Gasteiger charge is 2.69. The summed E-state index contributed by atoms with van der Waals surface area (Å²) in [5, 5.41) is 0. The van der Waals surface area contributed by atoms with Gasteiger partial charge in [-0.15, -0.1) is 0 Å². The molecule has 0 spiro atoms. The van der Waals surface area contributed by atoms with Gasteiger partial charge < -0.3 is 4.74 Å². The molecule has 0 N–H and O–H groups in total. The van der Waals surface area contributed by atoms with Crippen LogP contribution in [0.15, 0.2) is 0 Å². The Morgan fingerprint density at radius 1 is 1.08 bits per heavy atom. The number of esters is 1. The van der Waals surface area contributed by atoms with Crippen LogP contribution in [0.5, 0.6) is 0 Å². The SMILES string of the molecule is CC(=O)OC12CC(=O)CC[C@]1(C)[C@H]1CC[C@]3(C)CCC[C@H]3[C@@H]1CC2=O. The van der Waals surface area contributed by atoms with E-state index in [0.29, 0.717) is 42.4 Å². The minimum absolute atomic E-state index is 0.00986. The fourth-order valence-corrected chi connectivity index (χ4v) is 7.26. The molecule has 0 aliphatic heterocycles. The Hall–Kier alpha value is -1.19. The fraction of sp³-hybridized carbons (Fsp3) is 0.857. The summed E-state index contributed by atoms with van der Waals surface area (Å²) in [4.78, 5) is 37.5. The Bertz CT molecular complexity index is 636. The molecule has 0 heterocycles. The highest BCUT2D eigenvalue weighted by molar-refractivity contribution is 5.97. The van der Waals surface area contributed by atoms with Crippen LogP contribution >= 0.6 is 0 Å².